The number of benzene rings is 8. The first-order chi connectivity index (χ1) is 33.6. The molecule has 2 heteroatoms. The van der Waals surface area contributed by atoms with Gasteiger partial charge in [0.25, 0.3) is 0 Å². The molecule has 0 atom stereocenters. The SMILES string of the molecule is CC(C)([CH2][Zr]([CH2]C(C)(C)c1ccccc1)([CH2]C(C)(C)c1ccccc1)[CH2]C(C)(C)c1ccccc1)c1ccccc1.c1ccc([CH2][Zr]([CH2]c2ccccc2)([CH2]c2ccccc2)[CH2]c2ccccc2)cc1. The molecular weight excluding hydrogens is 999 g/mol. The van der Waals surface area contributed by atoms with Crippen LogP contribution < -0.4 is 0 Å². The number of hydrogen-bond acceptors (Lipinski definition) is 0. The summed E-state index contributed by atoms with van der Waals surface area (Å²) in [5.74, 6) is 0. The maximum atomic E-state index is 2.52. The first-order valence-electron chi connectivity index (χ1n) is 25.9. The summed E-state index contributed by atoms with van der Waals surface area (Å²) in [5, 5.41) is 0. The van der Waals surface area contributed by atoms with Crippen LogP contribution in [0.15, 0.2) is 243 Å². The van der Waals surface area contributed by atoms with Gasteiger partial charge in [-0.3, -0.25) is 0 Å². The Bertz CT molecular complexity index is 2320. The van der Waals surface area contributed by atoms with Gasteiger partial charge in [0.15, 0.2) is 0 Å². The Hall–Kier alpha value is -4.47. The van der Waals surface area contributed by atoms with Crippen molar-refractivity contribution in [3.63, 3.8) is 0 Å². The van der Waals surface area contributed by atoms with Crippen LogP contribution in [0.1, 0.15) is 99.9 Å². The topological polar surface area (TPSA) is 0 Å². The van der Waals surface area contributed by atoms with E-state index in [1.54, 1.807) is 0 Å². The first-order valence-corrected chi connectivity index (χ1v) is 39.8. The summed E-state index contributed by atoms with van der Waals surface area (Å²) < 4.78 is 10.4. The van der Waals surface area contributed by atoms with Crippen LogP contribution in [0.4, 0.5) is 0 Å². The predicted octanol–water partition coefficient (Wildman–Crippen LogP) is 18.7. The summed E-state index contributed by atoms with van der Waals surface area (Å²) in [6.07, 6.45) is 0. The molecule has 0 nitrogen and oxygen atoms in total. The van der Waals surface area contributed by atoms with Gasteiger partial charge in [0.05, 0.1) is 0 Å². The zero-order valence-electron chi connectivity index (χ0n) is 43.8. The molecule has 0 saturated heterocycles. The monoisotopic (exact) mass is 1080 g/mol. The van der Waals surface area contributed by atoms with Gasteiger partial charge < -0.3 is 0 Å². The van der Waals surface area contributed by atoms with Gasteiger partial charge in [-0.1, -0.05) is 0 Å². The third-order valence-corrected chi connectivity index (χ3v) is 42.6. The standard InChI is InChI=1S/4C10H13.4C7H7.2Zr/c4*1-10(2,3)9-7-5-4-6-8-9;4*1-7-5-3-2-4-6-7;;/h4*4-8H,1H2,2-3H3;4*2-6H,1H2;;. The molecule has 8 rings (SSSR count). The molecule has 0 aromatic heterocycles. The van der Waals surface area contributed by atoms with Crippen LogP contribution in [0.25, 0.3) is 0 Å². The molecule has 70 heavy (non-hydrogen) atoms. The van der Waals surface area contributed by atoms with Crippen molar-refractivity contribution >= 4 is 0 Å². The summed E-state index contributed by atoms with van der Waals surface area (Å²) in [6.45, 7) is 20.2. The Morgan fingerprint density at radius 3 is 0.543 bits per heavy atom. The second-order valence-corrected chi connectivity index (χ2v) is 45.1. The minimum atomic E-state index is -3.15. The van der Waals surface area contributed by atoms with E-state index >= 15 is 0 Å². The van der Waals surface area contributed by atoms with Crippen molar-refractivity contribution in [2.45, 2.75) is 110 Å². The molecule has 0 unspecified atom stereocenters. The molecule has 0 radical (unpaired) electrons. The van der Waals surface area contributed by atoms with Gasteiger partial charge in [-0.25, -0.2) is 0 Å². The fourth-order valence-electron chi connectivity index (χ4n) is 12.6. The molecule has 8 aromatic carbocycles. The molecule has 0 amide bonds. The second kappa shape index (κ2) is 24.3. The quantitative estimate of drug-likeness (QED) is 0.0714. The van der Waals surface area contributed by atoms with Gasteiger partial charge in [0.1, 0.15) is 0 Å². The average Bonchev–Trinajstić information content (AvgIpc) is 3.36. The van der Waals surface area contributed by atoms with Crippen LogP contribution in [-0.4, -0.2) is 0 Å². The van der Waals surface area contributed by atoms with Gasteiger partial charge in [0, 0.05) is 0 Å². The average molecular weight is 1080 g/mol. The predicted molar refractivity (Wildman–Crippen MR) is 298 cm³/mol. The third-order valence-electron chi connectivity index (χ3n) is 15.2. The van der Waals surface area contributed by atoms with E-state index in [9.17, 15) is 0 Å². The molecule has 0 aliphatic heterocycles. The van der Waals surface area contributed by atoms with E-state index in [4.69, 9.17) is 0 Å². The fourth-order valence-corrected chi connectivity index (χ4v) is 47.5. The van der Waals surface area contributed by atoms with Gasteiger partial charge in [-0.2, -0.15) is 0 Å². The van der Waals surface area contributed by atoms with Crippen LogP contribution in [0.3, 0.4) is 0 Å². The van der Waals surface area contributed by atoms with Crippen molar-refractivity contribution in [2.24, 2.45) is 0 Å². The van der Waals surface area contributed by atoms with Gasteiger partial charge in [0.2, 0.25) is 0 Å². The summed E-state index contributed by atoms with van der Waals surface area (Å²) in [5.41, 5.74) is 12.4. The van der Waals surface area contributed by atoms with Crippen molar-refractivity contribution in [1.29, 1.82) is 0 Å². The van der Waals surface area contributed by atoms with Crippen LogP contribution in [0.5, 0.6) is 0 Å². The number of rotatable bonds is 20. The van der Waals surface area contributed by atoms with E-state index < -0.39 is 40.5 Å². The third kappa shape index (κ3) is 15.3. The Morgan fingerprint density at radius 1 is 0.214 bits per heavy atom. The molecule has 0 aliphatic carbocycles. The molecule has 0 aliphatic rings. The van der Waals surface area contributed by atoms with E-state index in [0.717, 1.165) is 0 Å². The first kappa shape index (κ1) is 53.3. The molecule has 0 N–H and O–H groups in total. The molecule has 0 bridgehead atoms. The fraction of sp³-hybridized carbons (Fsp3) is 0.294. The molecule has 0 heterocycles. The maximum absolute atomic E-state index is 3.15. The summed E-state index contributed by atoms with van der Waals surface area (Å²) in [7, 11) is 0. The van der Waals surface area contributed by atoms with E-state index in [-0.39, 0.29) is 21.7 Å². The molecule has 360 valence electrons. The molecular formula is C68H80Zr2. The van der Waals surface area contributed by atoms with E-state index in [0.29, 0.717) is 0 Å². The molecule has 0 fully saturated rings. The van der Waals surface area contributed by atoms with E-state index in [2.05, 4.69) is 298 Å². The van der Waals surface area contributed by atoms with E-state index in [1.807, 2.05) is 0 Å². The van der Waals surface area contributed by atoms with Crippen LogP contribution in [0.2, 0.25) is 16.5 Å². The molecule has 0 saturated carbocycles. The van der Waals surface area contributed by atoms with Gasteiger partial charge >= 0.3 is 438 Å². The van der Waals surface area contributed by atoms with Crippen molar-refractivity contribution in [3.05, 3.63) is 287 Å². The Morgan fingerprint density at radius 2 is 0.371 bits per heavy atom. The summed E-state index contributed by atoms with van der Waals surface area (Å²) in [4.78, 5) is 0. The second-order valence-electron chi connectivity index (χ2n) is 23.4. The van der Waals surface area contributed by atoms with Crippen LogP contribution in [-0.2, 0) is 78.7 Å². The zero-order chi connectivity index (χ0) is 49.6. The molecule has 8 aromatic rings. The normalized spacial score (nSPS) is 12.5. The van der Waals surface area contributed by atoms with Gasteiger partial charge in [-0.15, -0.1) is 0 Å². The van der Waals surface area contributed by atoms with Crippen molar-refractivity contribution in [1.82, 2.24) is 0 Å². The number of hydrogen-bond donors (Lipinski definition) is 0. The Kier molecular flexibility index (Phi) is 18.5. The summed E-state index contributed by atoms with van der Waals surface area (Å²) >= 11 is -5.87. The van der Waals surface area contributed by atoms with E-state index in [1.165, 1.54) is 77.5 Å². The zero-order valence-corrected chi connectivity index (χ0v) is 48.7. The van der Waals surface area contributed by atoms with Crippen LogP contribution >= 0.6 is 0 Å². The van der Waals surface area contributed by atoms with Crippen molar-refractivity contribution in [2.75, 3.05) is 0 Å². The van der Waals surface area contributed by atoms with Crippen molar-refractivity contribution < 1.29 is 40.5 Å². The molecule has 0 spiro atoms. The minimum absolute atomic E-state index is 0.115. The summed E-state index contributed by atoms with van der Waals surface area (Å²) in [6, 6.07) is 90.0. The Balaban J connectivity index is 0.000000218. The van der Waals surface area contributed by atoms with Crippen molar-refractivity contribution in [3.8, 4) is 0 Å². The van der Waals surface area contributed by atoms with Crippen LogP contribution in [0, 0.1) is 0 Å². The van der Waals surface area contributed by atoms with Gasteiger partial charge in [-0.05, 0) is 0 Å². The Labute approximate surface area is 433 Å².